The molecule has 2 fully saturated rings. The van der Waals surface area contributed by atoms with Crippen LogP contribution in [0.25, 0.3) is 0 Å². The first-order valence-electron chi connectivity index (χ1n) is 8.53. The van der Waals surface area contributed by atoms with Crippen molar-refractivity contribution in [3.05, 3.63) is 0 Å². The molecule has 0 spiro atoms. The molecule has 2 aliphatic rings. The van der Waals surface area contributed by atoms with E-state index in [1.54, 1.807) is 0 Å². The van der Waals surface area contributed by atoms with Crippen LogP contribution in [0.5, 0.6) is 0 Å². The highest BCUT2D eigenvalue weighted by Crippen LogP contribution is 2.35. The molecule has 2 heteroatoms. The van der Waals surface area contributed by atoms with Crippen molar-refractivity contribution in [1.29, 1.82) is 0 Å². The lowest BCUT2D eigenvalue weighted by Gasteiger charge is -2.23. The van der Waals surface area contributed by atoms with Crippen LogP contribution in [-0.2, 0) is 9.47 Å². The monoisotopic (exact) mass is 268 g/mol. The van der Waals surface area contributed by atoms with Crippen molar-refractivity contribution in [1.82, 2.24) is 0 Å². The van der Waals surface area contributed by atoms with Crippen molar-refractivity contribution in [2.24, 2.45) is 5.92 Å². The maximum atomic E-state index is 6.36. The summed E-state index contributed by atoms with van der Waals surface area (Å²) in [6.07, 6.45) is 15.9. The minimum atomic E-state index is 0.345. The molecule has 0 aromatic rings. The van der Waals surface area contributed by atoms with E-state index in [2.05, 4.69) is 6.92 Å². The molecule has 0 bridgehead atoms. The minimum absolute atomic E-state index is 0.345. The van der Waals surface area contributed by atoms with Gasteiger partial charge >= 0.3 is 0 Å². The Morgan fingerprint density at radius 1 is 1.00 bits per heavy atom. The smallest absolute Gasteiger partial charge is 0.0857 e. The Balaban J connectivity index is 1.88. The van der Waals surface area contributed by atoms with Gasteiger partial charge in [-0.2, -0.15) is 0 Å². The number of hydrogen-bond donors (Lipinski definition) is 0. The van der Waals surface area contributed by atoms with E-state index < -0.39 is 0 Å². The average Bonchev–Trinajstić information content (AvgIpc) is 2.86. The molecule has 0 aromatic heterocycles. The number of ether oxygens (including phenoxy) is 2. The van der Waals surface area contributed by atoms with Crippen LogP contribution in [0.3, 0.4) is 0 Å². The summed E-state index contributed by atoms with van der Waals surface area (Å²) >= 11 is 0. The second-order valence-corrected chi connectivity index (χ2v) is 6.47. The zero-order chi connectivity index (χ0) is 13.5. The van der Waals surface area contributed by atoms with Crippen LogP contribution in [0.4, 0.5) is 0 Å². The predicted octanol–water partition coefficient (Wildman–Crippen LogP) is 4.71. The topological polar surface area (TPSA) is 18.5 Å². The largest absolute Gasteiger partial charge is 0.379 e. The lowest BCUT2D eigenvalue weighted by molar-refractivity contribution is -0.0280. The van der Waals surface area contributed by atoms with Crippen molar-refractivity contribution in [3.63, 3.8) is 0 Å². The van der Waals surface area contributed by atoms with Gasteiger partial charge in [-0.1, -0.05) is 51.9 Å². The third kappa shape index (κ3) is 4.46. The molecule has 0 amide bonds. The standard InChI is InChI=1S/C17H32O2/c1-3-10-15-17(18-2)13-16(19-15)14-11-8-6-4-5-7-9-12-14/h14-17H,3-13H2,1-2H3. The molecule has 112 valence electrons. The third-order valence-electron chi connectivity index (χ3n) is 5.03. The van der Waals surface area contributed by atoms with Crippen molar-refractivity contribution in [2.45, 2.75) is 95.9 Å². The molecule has 0 radical (unpaired) electrons. The lowest BCUT2D eigenvalue weighted by atomic mass is 9.89. The Bertz CT molecular complexity index is 231. The molecule has 1 saturated carbocycles. The van der Waals surface area contributed by atoms with Crippen LogP contribution >= 0.6 is 0 Å². The van der Waals surface area contributed by atoms with E-state index in [1.807, 2.05) is 7.11 Å². The number of hydrogen-bond acceptors (Lipinski definition) is 2. The van der Waals surface area contributed by atoms with Gasteiger partial charge in [0.1, 0.15) is 0 Å². The summed E-state index contributed by atoms with van der Waals surface area (Å²) in [7, 11) is 1.85. The normalized spacial score (nSPS) is 34.7. The first kappa shape index (κ1) is 15.3. The lowest BCUT2D eigenvalue weighted by Crippen LogP contribution is -2.23. The molecule has 19 heavy (non-hydrogen) atoms. The van der Waals surface area contributed by atoms with Crippen molar-refractivity contribution in [2.75, 3.05) is 7.11 Å². The highest BCUT2D eigenvalue weighted by atomic mass is 16.6. The van der Waals surface area contributed by atoms with Gasteiger partial charge < -0.3 is 9.47 Å². The maximum absolute atomic E-state index is 6.36. The summed E-state index contributed by atoms with van der Waals surface area (Å²) in [5, 5.41) is 0. The van der Waals surface area contributed by atoms with Gasteiger partial charge in [-0.3, -0.25) is 0 Å². The Morgan fingerprint density at radius 2 is 1.63 bits per heavy atom. The Hall–Kier alpha value is -0.0800. The number of rotatable bonds is 4. The molecule has 1 saturated heterocycles. The Labute approximate surface area is 119 Å². The summed E-state index contributed by atoms with van der Waals surface area (Å²) in [6.45, 7) is 2.24. The molecule has 1 heterocycles. The van der Waals surface area contributed by atoms with Gasteiger partial charge in [0.05, 0.1) is 18.3 Å². The summed E-state index contributed by atoms with van der Waals surface area (Å²) in [6, 6.07) is 0. The van der Waals surface area contributed by atoms with E-state index in [0.717, 1.165) is 18.8 Å². The van der Waals surface area contributed by atoms with Crippen LogP contribution < -0.4 is 0 Å². The number of methoxy groups -OCH3 is 1. The molecule has 3 atom stereocenters. The molecule has 1 aliphatic carbocycles. The first-order chi connectivity index (χ1) is 9.35. The van der Waals surface area contributed by atoms with Crippen LogP contribution in [0.1, 0.15) is 77.6 Å². The van der Waals surface area contributed by atoms with Gasteiger partial charge in [-0.25, -0.2) is 0 Å². The fraction of sp³-hybridized carbons (Fsp3) is 1.00. The van der Waals surface area contributed by atoms with Crippen LogP contribution in [0, 0.1) is 5.92 Å². The maximum Gasteiger partial charge on any atom is 0.0857 e. The van der Waals surface area contributed by atoms with Gasteiger partial charge in [0.15, 0.2) is 0 Å². The second-order valence-electron chi connectivity index (χ2n) is 6.47. The summed E-state index contributed by atoms with van der Waals surface area (Å²) in [5.41, 5.74) is 0. The quantitative estimate of drug-likeness (QED) is 0.735. The van der Waals surface area contributed by atoms with E-state index in [-0.39, 0.29) is 0 Å². The molecule has 2 rings (SSSR count). The average molecular weight is 268 g/mol. The van der Waals surface area contributed by atoms with Gasteiger partial charge in [0.25, 0.3) is 0 Å². The molecular weight excluding hydrogens is 236 g/mol. The molecule has 3 unspecified atom stereocenters. The van der Waals surface area contributed by atoms with Crippen molar-refractivity contribution in [3.8, 4) is 0 Å². The molecular formula is C17H32O2. The Morgan fingerprint density at radius 3 is 2.21 bits per heavy atom. The Kier molecular flexibility index (Phi) is 6.66. The van der Waals surface area contributed by atoms with Crippen LogP contribution in [0.2, 0.25) is 0 Å². The van der Waals surface area contributed by atoms with Crippen LogP contribution in [-0.4, -0.2) is 25.4 Å². The van der Waals surface area contributed by atoms with Crippen LogP contribution in [0.15, 0.2) is 0 Å². The third-order valence-corrected chi connectivity index (χ3v) is 5.03. The molecule has 0 N–H and O–H groups in total. The fourth-order valence-corrected chi connectivity index (χ4v) is 3.87. The predicted molar refractivity (Wildman–Crippen MR) is 79.4 cm³/mol. The molecule has 2 nitrogen and oxygen atoms in total. The summed E-state index contributed by atoms with van der Waals surface area (Å²) in [4.78, 5) is 0. The first-order valence-corrected chi connectivity index (χ1v) is 8.53. The van der Waals surface area contributed by atoms with Crippen molar-refractivity contribution < 1.29 is 9.47 Å². The second kappa shape index (κ2) is 8.26. The van der Waals surface area contributed by atoms with Gasteiger partial charge in [0, 0.05) is 13.5 Å². The summed E-state index contributed by atoms with van der Waals surface area (Å²) < 4.78 is 12.0. The zero-order valence-electron chi connectivity index (χ0n) is 12.9. The van der Waals surface area contributed by atoms with E-state index in [1.165, 1.54) is 57.8 Å². The van der Waals surface area contributed by atoms with Gasteiger partial charge in [-0.15, -0.1) is 0 Å². The van der Waals surface area contributed by atoms with E-state index in [9.17, 15) is 0 Å². The van der Waals surface area contributed by atoms with Gasteiger partial charge in [-0.05, 0) is 25.2 Å². The van der Waals surface area contributed by atoms with E-state index in [4.69, 9.17) is 9.47 Å². The SMILES string of the molecule is CCCC1OC(C2CCCCCCCC2)CC1OC. The zero-order valence-corrected chi connectivity index (χ0v) is 12.9. The van der Waals surface area contributed by atoms with E-state index in [0.29, 0.717) is 18.3 Å². The van der Waals surface area contributed by atoms with E-state index >= 15 is 0 Å². The fourth-order valence-electron chi connectivity index (χ4n) is 3.87. The highest BCUT2D eigenvalue weighted by Gasteiger charge is 2.38. The highest BCUT2D eigenvalue weighted by molar-refractivity contribution is 4.87. The minimum Gasteiger partial charge on any atom is -0.379 e. The summed E-state index contributed by atoms with van der Waals surface area (Å²) in [5.74, 6) is 0.789. The molecule has 1 aliphatic heterocycles. The van der Waals surface area contributed by atoms with Crippen molar-refractivity contribution >= 4 is 0 Å². The van der Waals surface area contributed by atoms with Gasteiger partial charge in [0.2, 0.25) is 0 Å². The molecule has 0 aromatic carbocycles.